The molecule has 6 rings (SSSR count). The van der Waals surface area contributed by atoms with Crippen LogP contribution in [0.3, 0.4) is 0 Å². The van der Waals surface area contributed by atoms with Crippen LogP contribution >= 0.6 is 11.6 Å². The van der Waals surface area contributed by atoms with Gasteiger partial charge in [-0.15, -0.1) is 0 Å². The zero-order valence-electron chi connectivity index (χ0n) is 36.8. The third kappa shape index (κ3) is 11.6. The second-order valence-corrected chi connectivity index (χ2v) is 20.7. The summed E-state index contributed by atoms with van der Waals surface area (Å²) in [7, 11) is -4.51. The average molecular weight is 931 g/mol. The van der Waals surface area contributed by atoms with E-state index in [1.54, 1.807) is 52.0 Å². The Kier molecular flexibility index (Phi) is 14.1. The molecule has 1 aromatic heterocycles. The number of carbonyl (C=O) groups is 4. The number of para-hydroxylation sites is 1. The molecule has 0 bridgehead atoms. The summed E-state index contributed by atoms with van der Waals surface area (Å²) in [6.07, 6.45) is -5.35. The van der Waals surface area contributed by atoms with E-state index in [0.29, 0.717) is 81.2 Å². The number of hydrogen-bond acceptors (Lipinski definition) is 13. The Labute approximate surface area is 371 Å². The van der Waals surface area contributed by atoms with Crippen molar-refractivity contribution in [3.63, 3.8) is 0 Å². The van der Waals surface area contributed by atoms with E-state index in [9.17, 15) is 40.8 Å². The summed E-state index contributed by atoms with van der Waals surface area (Å²) in [5.41, 5.74) is -5.81. The van der Waals surface area contributed by atoms with Crippen LogP contribution in [-0.2, 0) is 43.1 Å². The SMILES string of the molecule is CC[C@@H]1C[C@]1(CC(=O)[C@@H]1C[C@@H](Oc2cc(OCCN3CCOCC3)nc3c(Cl)cccc23)CN1C(=O)[C@@H](CC(=O)OC(C)(C)C(F)(F)F)C(C)(C)C)C(=O)NS(=O)(=O)OC1(C)CC1. The number of nitrogens with one attached hydrogen (secondary N) is 1. The topological polar surface area (TPSA) is 180 Å². The number of ether oxygens (including phenoxy) is 4. The highest BCUT2D eigenvalue weighted by molar-refractivity contribution is 7.85. The Morgan fingerprint density at radius 3 is 2.37 bits per heavy atom. The number of carbonyl (C=O) groups excluding carboxylic acids is 4. The molecule has 2 aliphatic heterocycles. The summed E-state index contributed by atoms with van der Waals surface area (Å²) in [6.45, 7) is 13.2. The molecule has 0 unspecified atom stereocenters. The number of halogens is 4. The maximum Gasteiger partial charge on any atom is 0.427 e. The van der Waals surface area contributed by atoms with Crippen LogP contribution in [0.15, 0.2) is 24.3 Å². The molecule has 2 amide bonds. The van der Waals surface area contributed by atoms with Gasteiger partial charge in [-0.3, -0.25) is 24.1 Å². The van der Waals surface area contributed by atoms with Crippen LogP contribution in [0.25, 0.3) is 10.9 Å². The number of morpholine rings is 1. The number of alkyl halides is 3. The van der Waals surface area contributed by atoms with Crippen molar-refractivity contribution in [2.45, 2.75) is 123 Å². The lowest BCUT2D eigenvalue weighted by molar-refractivity contribution is -0.257. The number of likely N-dealkylation sites (tertiary alicyclic amines) is 1. The van der Waals surface area contributed by atoms with E-state index in [1.807, 2.05) is 11.6 Å². The molecule has 3 heterocycles. The van der Waals surface area contributed by atoms with Gasteiger partial charge in [-0.05, 0) is 63.5 Å². The molecule has 2 saturated heterocycles. The molecule has 1 aromatic carbocycles. The van der Waals surface area contributed by atoms with Crippen molar-refractivity contribution in [1.82, 2.24) is 19.5 Å². The van der Waals surface area contributed by atoms with Crippen molar-refractivity contribution in [3.8, 4) is 11.6 Å². The maximum atomic E-state index is 14.8. The van der Waals surface area contributed by atoms with Crippen LogP contribution in [0.5, 0.6) is 11.6 Å². The third-order valence-electron chi connectivity index (χ3n) is 12.6. The lowest BCUT2D eigenvalue weighted by atomic mass is 9.77. The van der Waals surface area contributed by atoms with Crippen LogP contribution in [0, 0.1) is 22.7 Å². The first kappa shape index (κ1) is 48.7. The molecule has 4 fully saturated rings. The molecule has 0 radical (unpaired) electrons. The molecule has 2 saturated carbocycles. The van der Waals surface area contributed by atoms with Gasteiger partial charge in [0.1, 0.15) is 18.5 Å². The number of fused-ring (bicyclic) bond motifs is 1. The van der Waals surface area contributed by atoms with Crippen molar-refractivity contribution in [2.24, 2.45) is 22.7 Å². The van der Waals surface area contributed by atoms with Gasteiger partial charge in [0.25, 0.3) is 0 Å². The van der Waals surface area contributed by atoms with E-state index in [-0.39, 0.29) is 31.2 Å². The Bertz CT molecular complexity index is 2180. The molecular weight excluding hydrogens is 873 g/mol. The summed E-state index contributed by atoms with van der Waals surface area (Å²) in [6, 6.07) is 5.47. The maximum absolute atomic E-state index is 14.8. The number of esters is 1. The average Bonchev–Trinajstić information content (AvgIpc) is 4.05. The predicted molar refractivity (Wildman–Crippen MR) is 224 cm³/mol. The van der Waals surface area contributed by atoms with Crippen molar-refractivity contribution in [1.29, 1.82) is 0 Å². The fraction of sp³-hybridized carbons (Fsp3) is 0.698. The fourth-order valence-corrected chi connectivity index (χ4v) is 9.63. The third-order valence-corrected chi connectivity index (χ3v) is 14.0. The first-order valence-electron chi connectivity index (χ1n) is 21.3. The van der Waals surface area contributed by atoms with E-state index < -0.39 is 93.0 Å². The molecular formula is C43H58ClF3N4O11S. The summed E-state index contributed by atoms with van der Waals surface area (Å²) in [5.74, 6) is -4.53. The Hall–Kier alpha value is -3.78. The number of Topliss-reactive ketones (excluding diaryl/α,β-unsaturated/α-hetero) is 1. The standard InChI is InChI=1S/C43H58ClF3N4O11S/c1-8-26-23-42(26,38(55)49-63(56,57)62-41(7)12-13-41)24-32(52)31-20-27(25-51(31)37(54)29(39(2,3)4)21-35(53)61-40(5,6)43(45,46)47)60-33-22-34(48-36-28(33)10-9-11-30(36)44)59-19-16-50-14-17-58-18-15-50/h9-11,22,26-27,29,31H,8,12-21,23-25H2,1-7H3,(H,49,55)/t26-,27-,29-,31+,42-/m1/s1. The highest BCUT2D eigenvalue weighted by Gasteiger charge is 2.62. The highest BCUT2D eigenvalue weighted by atomic mass is 35.5. The molecule has 2 aliphatic carbocycles. The molecule has 20 heteroatoms. The van der Waals surface area contributed by atoms with Crippen molar-refractivity contribution < 1.29 is 63.9 Å². The minimum Gasteiger partial charge on any atom is -0.488 e. The second-order valence-electron chi connectivity index (χ2n) is 19.0. The van der Waals surface area contributed by atoms with Crippen LogP contribution in [0.1, 0.15) is 93.4 Å². The van der Waals surface area contributed by atoms with E-state index >= 15 is 0 Å². The van der Waals surface area contributed by atoms with E-state index in [4.69, 9.17) is 34.7 Å². The lowest BCUT2D eigenvalue weighted by Crippen LogP contribution is -2.49. The van der Waals surface area contributed by atoms with Crippen LogP contribution in [0.4, 0.5) is 13.2 Å². The molecule has 5 atom stereocenters. The van der Waals surface area contributed by atoms with Gasteiger partial charge < -0.3 is 23.8 Å². The van der Waals surface area contributed by atoms with Gasteiger partial charge in [-0.1, -0.05) is 51.8 Å². The minimum atomic E-state index is -4.89. The van der Waals surface area contributed by atoms with Gasteiger partial charge in [0, 0.05) is 43.9 Å². The number of nitrogens with zero attached hydrogens (tertiary/aromatic N) is 3. The number of hydrogen-bond donors (Lipinski definition) is 1. The van der Waals surface area contributed by atoms with Gasteiger partial charge in [0.05, 0.1) is 59.7 Å². The Morgan fingerprint density at radius 1 is 1.08 bits per heavy atom. The van der Waals surface area contributed by atoms with E-state index in [1.165, 1.54) is 4.90 Å². The number of aromatic nitrogens is 1. The number of benzene rings is 1. The minimum absolute atomic E-state index is 0.0845. The van der Waals surface area contributed by atoms with Crippen LogP contribution in [0.2, 0.25) is 5.02 Å². The van der Waals surface area contributed by atoms with E-state index in [2.05, 4.69) is 9.88 Å². The molecule has 350 valence electrons. The summed E-state index contributed by atoms with van der Waals surface area (Å²) >= 11 is 6.61. The normalized spacial score (nSPS) is 24.4. The van der Waals surface area contributed by atoms with E-state index in [0.717, 1.165) is 13.1 Å². The summed E-state index contributed by atoms with van der Waals surface area (Å²) in [4.78, 5) is 64.5. The summed E-state index contributed by atoms with van der Waals surface area (Å²) < 4.78 is 97.2. The number of pyridine rings is 1. The monoisotopic (exact) mass is 930 g/mol. The molecule has 63 heavy (non-hydrogen) atoms. The largest absolute Gasteiger partial charge is 0.488 e. The smallest absolute Gasteiger partial charge is 0.427 e. The predicted octanol–water partition coefficient (Wildman–Crippen LogP) is 6.19. The second kappa shape index (κ2) is 18.2. The first-order valence-corrected chi connectivity index (χ1v) is 23.1. The Morgan fingerprint density at radius 2 is 1.76 bits per heavy atom. The zero-order valence-corrected chi connectivity index (χ0v) is 38.3. The molecule has 1 N–H and O–H groups in total. The fourth-order valence-electron chi connectivity index (χ4n) is 8.24. The van der Waals surface area contributed by atoms with Crippen molar-refractivity contribution >= 4 is 56.4 Å². The van der Waals surface area contributed by atoms with Crippen molar-refractivity contribution in [3.05, 3.63) is 29.3 Å². The van der Waals surface area contributed by atoms with Gasteiger partial charge in [0.2, 0.25) is 23.3 Å². The molecule has 15 nitrogen and oxygen atoms in total. The first-order chi connectivity index (χ1) is 29.3. The highest BCUT2D eigenvalue weighted by Crippen LogP contribution is 2.58. The molecule has 2 aromatic rings. The van der Waals surface area contributed by atoms with Crippen LogP contribution < -0.4 is 14.2 Å². The van der Waals surface area contributed by atoms with Crippen molar-refractivity contribution in [2.75, 3.05) is 46.0 Å². The molecule has 0 spiro atoms. The van der Waals surface area contributed by atoms with Gasteiger partial charge in [-0.25, -0.2) is 13.9 Å². The Balaban J connectivity index is 1.29. The zero-order chi connectivity index (χ0) is 46.3. The van der Waals surface area contributed by atoms with Gasteiger partial charge in [-0.2, -0.15) is 21.6 Å². The quantitative estimate of drug-likeness (QED) is 0.168. The number of amides is 2. The number of ketones is 1. The summed E-state index contributed by atoms with van der Waals surface area (Å²) in [5, 5.41) is 0.833. The molecule has 4 aliphatic rings. The van der Waals surface area contributed by atoms with Gasteiger partial charge >= 0.3 is 22.4 Å². The van der Waals surface area contributed by atoms with Crippen LogP contribution in [-0.4, -0.2) is 122 Å². The lowest BCUT2D eigenvalue weighted by Gasteiger charge is -2.35. The number of rotatable bonds is 18. The van der Waals surface area contributed by atoms with Gasteiger partial charge in [0.15, 0.2) is 5.78 Å².